The van der Waals surface area contributed by atoms with Crippen LogP contribution in [-0.4, -0.2) is 17.1 Å². The third-order valence-electron chi connectivity index (χ3n) is 2.71. The van der Waals surface area contributed by atoms with E-state index >= 15 is 0 Å². The van der Waals surface area contributed by atoms with E-state index in [0.717, 1.165) is 28.5 Å². The Bertz CT molecular complexity index is 540. The number of anilines is 1. The molecule has 1 aromatic heterocycles. The van der Waals surface area contributed by atoms with Crippen LogP contribution in [0.1, 0.15) is 17.0 Å². The number of benzene rings is 1. The maximum atomic E-state index is 5.31. The molecule has 94 valence electrons. The molecule has 0 atom stereocenters. The quantitative estimate of drug-likeness (QED) is 0.897. The standard InChI is InChI=1S/C14H17N3O/c1-10-8-15-11(2)14(17-10)16-9-12-6-4-5-7-13(12)18-3/h4-8H,9H2,1-3H3,(H,16,17). The average molecular weight is 243 g/mol. The first-order valence-corrected chi connectivity index (χ1v) is 5.86. The summed E-state index contributed by atoms with van der Waals surface area (Å²) in [6.07, 6.45) is 1.77. The number of para-hydroxylation sites is 1. The summed E-state index contributed by atoms with van der Waals surface area (Å²) in [4.78, 5) is 8.71. The van der Waals surface area contributed by atoms with Crippen molar-refractivity contribution in [2.45, 2.75) is 20.4 Å². The van der Waals surface area contributed by atoms with Crippen molar-refractivity contribution >= 4 is 5.82 Å². The highest BCUT2D eigenvalue weighted by Gasteiger charge is 2.04. The highest BCUT2D eigenvalue weighted by molar-refractivity contribution is 5.42. The molecule has 2 rings (SSSR count). The lowest BCUT2D eigenvalue weighted by atomic mass is 10.2. The van der Waals surface area contributed by atoms with Gasteiger partial charge in [0.1, 0.15) is 11.6 Å². The third kappa shape index (κ3) is 2.77. The van der Waals surface area contributed by atoms with E-state index in [0.29, 0.717) is 6.54 Å². The Morgan fingerprint density at radius 1 is 1.22 bits per heavy atom. The van der Waals surface area contributed by atoms with Crippen LogP contribution in [0, 0.1) is 13.8 Å². The molecule has 0 aliphatic heterocycles. The SMILES string of the molecule is COc1ccccc1CNc1nc(C)cnc1C. The van der Waals surface area contributed by atoms with E-state index in [4.69, 9.17) is 4.74 Å². The first-order chi connectivity index (χ1) is 8.70. The fourth-order valence-electron chi connectivity index (χ4n) is 1.73. The van der Waals surface area contributed by atoms with E-state index in [1.54, 1.807) is 13.3 Å². The fraction of sp³-hybridized carbons (Fsp3) is 0.286. The largest absolute Gasteiger partial charge is 0.496 e. The van der Waals surface area contributed by atoms with Crippen molar-refractivity contribution in [1.29, 1.82) is 0 Å². The summed E-state index contributed by atoms with van der Waals surface area (Å²) in [5.41, 5.74) is 2.90. The lowest BCUT2D eigenvalue weighted by Crippen LogP contribution is -2.06. The maximum absolute atomic E-state index is 5.31. The summed E-state index contributed by atoms with van der Waals surface area (Å²) in [7, 11) is 1.68. The second kappa shape index (κ2) is 5.49. The number of aromatic nitrogens is 2. The van der Waals surface area contributed by atoms with Crippen LogP contribution < -0.4 is 10.1 Å². The fourth-order valence-corrected chi connectivity index (χ4v) is 1.73. The molecule has 0 saturated heterocycles. The van der Waals surface area contributed by atoms with Crippen molar-refractivity contribution in [2.75, 3.05) is 12.4 Å². The van der Waals surface area contributed by atoms with Crippen molar-refractivity contribution in [3.8, 4) is 5.75 Å². The van der Waals surface area contributed by atoms with Gasteiger partial charge in [0.05, 0.1) is 18.5 Å². The first kappa shape index (κ1) is 12.4. The number of nitrogens with zero attached hydrogens (tertiary/aromatic N) is 2. The number of hydrogen-bond acceptors (Lipinski definition) is 4. The topological polar surface area (TPSA) is 47.0 Å². The second-order valence-electron chi connectivity index (χ2n) is 4.11. The predicted molar refractivity (Wildman–Crippen MR) is 71.8 cm³/mol. The molecule has 0 unspecified atom stereocenters. The summed E-state index contributed by atoms with van der Waals surface area (Å²) in [6, 6.07) is 7.94. The minimum atomic E-state index is 0.670. The third-order valence-corrected chi connectivity index (χ3v) is 2.71. The highest BCUT2D eigenvalue weighted by atomic mass is 16.5. The van der Waals surface area contributed by atoms with Crippen molar-refractivity contribution < 1.29 is 4.74 Å². The zero-order valence-electron chi connectivity index (χ0n) is 10.9. The number of methoxy groups -OCH3 is 1. The summed E-state index contributed by atoms with van der Waals surface area (Å²) in [6.45, 7) is 4.54. The molecule has 0 spiro atoms. The van der Waals surface area contributed by atoms with Gasteiger partial charge in [-0.25, -0.2) is 4.98 Å². The van der Waals surface area contributed by atoms with Gasteiger partial charge in [-0.1, -0.05) is 18.2 Å². The summed E-state index contributed by atoms with van der Waals surface area (Å²) >= 11 is 0. The predicted octanol–water partition coefficient (Wildman–Crippen LogP) is 2.71. The van der Waals surface area contributed by atoms with Crippen LogP contribution in [0.2, 0.25) is 0 Å². The van der Waals surface area contributed by atoms with Crippen LogP contribution >= 0.6 is 0 Å². The van der Waals surface area contributed by atoms with Gasteiger partial charge in [0.2, 0.25) is 0 Å². The van der Waals surface area contributed by atoms with E-state index in [-0.39, 0.29) is 0 Å². The molecule has 0 saturated carbocycles. The van der Waals surface area contributed by atoms with Crippen LogP contribution in [0.25, 0.3) is 0 Å². The molecule has 4 heteroatoms. The minimum absolute atomic E-state index is 0.670. The van der Waals surface area contributed by atoms with Crippen LogP contribution in [0.4, 0.5) is 5.82 Å². The van der Waals surface area contributed by atoms with Crippen molar-refractivity contribution in [1.82, 2.24) is 9.97 Å². The van der Waals surface area contributed by atoms with Gasteiger partial charge in [0.25, 0.3) is 0 Å². The van der Waals surface area contributed by atoms with Gasteiger partial charge in [-0.05, 0) is 19.9 Å². The summed E-state index contributed by atoms with van der Waals surface area (Å²) in [5.74, 6) is 1.70. The molecule has 0 radical (unpaired) electrons. The van der Waals surface area contributed by atoms with Crippen LogP contribution in [0.3, 0.4) is 0 Å². The Kier molecular flexibility index (Phi) is 3.77. The number of aryl methyl sites for hydroxylation is 2. The molecule has 2 aromatic rings. The van der Waals surface area contributed by atoms with Gasteiger partial charge in [-0.3, -0.25) is 4.98 Å². The number of rotatable bonds is 4. The Balaban J connectivity index is 2.14. The van der Waals surface area contributed by atoms with Crippen LogP contribution in [0.5, 0.6) is 5.75 Å². The molecule has 0 bridgehead atoms. The van der Waals surface area contributed by atoms with Gasteiger partial charge in [-0.15, -0.1) is 0 Å². The van der Waals surface area contributed by atoms with E-state index in [9.17, 15) is 0 Å². The summed E-state index contributed by atoms with van der Waals surface area (Å²) in [5, 5.41) is 3.29. The van der Waals surface area contributed by atoms with Gasteiger partial charge < -0.3 is 10.1 Å². The van der Waals surface area contributed by atoms with E-state index in [1.807, 2.05) is 38.1 Å². The van der Waals surface area contributed by atoms with Gasteiger partial charge in [-0.2, -0.15) is 0 Å². The smallest absolute Gasteiger partial charge is 0.148 e. The molecule has 1 heterocycles. The van der Waals surface area contributed by atoms with Gasteiger partial charge in [0.15, 0.2) is 0 Å². The Morgan fingerprint density at radius 2 is 2.00 bits per heavy atom. The van der Waals surface area contributed by atoms with Gasteiger partial charge >= 0.3 is 0 Å². The van der Waals surface area contributed by atoms with Crippen LogP contribution in [-0.2, 0) is 6.54 Å². The number of hydrogen-bond donors (Lipinski definition) is 1. The molecular weight excluding hydrogens is 226 g/mol. The second-order valence-corrected chi connectivity index (χ2v) is 4.11. The minimum Gasteiger partial charge on any atom is -0.496 e. The van der Waals surface area contributed by atoms with E-state index < -0.39 is 0 Å². The monoisotopic (exact) mass is 243 g/mol. The zero-order valence-corrected chi connectivity index (χ0v) is 10.9. The summed E-state index contributed by atoms with van der Waals surface area (Å²) < 4.78 is 5.31. The average Bonchev–Trinajstić information content (AvgIpc) is 2.40. The zero-order chi connectivity index (χ0) is 13.0. The Morgan fingerprint density at radius 3 is 2.78 bits per heavy atom. The van der Waals surface area contributed by atoms with E-state index in [1.165, 1.54) is 0 Å². The molecular formula is C14H17N3O. The normalized spacial score (nSPS) is 10.2. The molecule has 0 fully saturated rings. The molecule has 4 nitrogen and oxygen atoms in total. The Labute approximate surface area is 107 Å². The van der Waals surface area contributed by atoms with Crippen molar-refractivity contribution in [2.24, 2.45) is 0 Å². The lowest BCUT2D eigenvalue weighted by molar-refractivity contribution is 0.410. The molecule has 0 aliphatic carbocycles. The van der Waals surface area contributed by atoms with Crippen molar-refractivity contribution in [3.05, 3.63) is 47.4 Å². The van der Waals surface area contributed by atoms with E-state index in [2.05, 4.69) is 15.3 Å². The molecule has 1 aromatic carbocycles. The Hall–Kier alpha value is -2.10. The molecule has 18 heavy (non-hydrogen) atoms. The number of nitrogens with one attached hydrogen (secondary N) is 1. The van der Waals surface area contributed by atoms with Gasteiger partial charge in [0, 0.05) is 18.3 Å². The highest BCUT2D eigenvalue weighted by Crippen LogP contribution is 2.19. The molecule has 0 amide bonds. The lowest BCUT2D eigenvalue weighted by Gasteiger charge is -2.11. The first-order valence-electron chi connectivity index (χ1n) is 5.86. The van der Waals surface area contributed by atoms with Crippen LogP contribution in [0.15, 0.2) is 30.5 Å². The van der Waals surface area contributed by atoms with Crippen molar-refractivity contribution in [3.63, 3.8) is 0 Å². The number of ether oxygens (including phenoxy) is 1. The molecule has 1 N–H and O–H groups in total. The maximum Gasteiger partial charge on any atom is 0.148 e. The molecule has 0 aliphatic rings.